The van der Waals surface area contributed by atoms with Crippen LogP contribution in [-0.2, 0) is 20.0 Å². The first-order chi connectivity index (χ1) is 18.6. The normalized spacial score (nSPS) is 21.7. The SMILES string of the molecule is CN1CCN(S(=O)(=O)CC2CCC(Nc3c([N+](=O)[O-])cnc4c3ccn4S(=O)(=O)c3ccccc3)CC2)CC1. The van der Waals surface area contributed by atoms with Crippen LogP contribution in [0.4, 0.5) is 11.4 Å². The summed E-state index contributed by atoms with van der Waals surface area (Å²) in [5, 5.41) is 15.4. The van der Waals surface area contributed by atoms with Gasteiger partial charge in [0.2, 0.25) is 10.0 Å². The summed E-state index contributed by atoms with van der Waals surface area (Å²) in [6.07, 6.45) is 5.08. The number of aromatic nitrogens is 2. The Morgan fingerprint density at radius 2 is 1.67 bits per heavy atom. The molecule has 3 aromatic rings. The number of fused-ring (bicyclic) bond motifs is 1. The van der Waals surface area contributed by atoms with Gasteiger partial charge in [-0.25, -0.2) is 25.8 Å². The Hall–Kier alpha value is -3.07. The van der Waals surface area contributed by atoms with E-state index in [4.69, 9.17) is 0 Å². The molecule has 12 nitrogen and oxygen atoms in total. The highest BCUT2D eigenvalue weighted by molar-refractivity contribution is 7.90. The number of benzene rings is 1. The largest absolute Gasteiger partial charge is 0.376 e. The van der Waals surface area contributed by atoms with Gasteiger partial charge in [0.15, 0.2) is 5.65 Å². The van der Waals surface area contributed by atoms with Gasteiger partial charge in [-0.1, -0.05) is 18.2 Å². The number of hydrogen-bond acceptors (Lipinski definition) is 9. The molecule has 1 aliphatic heterocycles. The molecule has 14 heteroatoms. The van der Waals surface area contributed by atoms with Gasteiger partial charge in [-0.05, 0) is 56.8 Å². The van der Waals surface area contributed by atoms with Crippen molar-refractivity contribution >= 4 is 42.5 Å². The third kappa shape index (κ3) is 5.64. The van der Waals surface area contributed by atoms with Gasteiger partial charge in [-0.2, -0.15) is 4.31 Å². The van der Waals surface area contributed by atoms with Crippen LogP contribution in [0.15, 0.2) is 53.7 Å². The molecule has 5 rings (SSSR count). The predicted molar refractivity (Wildman–Crippen MR) is 148 cm³/mol. The molecule has 1 aromatic carbocycles. The maximum absolute atomic E-state index is 13.2. The molecule has 1 saturated heterocycles. The standard InChI is InChI=1S/C25H32N6O6S2/c1-28-13-15-29(16-14-28)38(34,35)18-19-7-9-20(10-8-19)27-24-22-11-12-30(25(22)26-17-23(24)31(32)33)39(36,37)21-5-3-2-4-6-21/h2-6,11-12,17,19-20H,7-10,13-16,18H2,1H3,(H,26,27). The second-order valence-electron chi connectivity index (χ2n) is 10.3. The number of nitrogens with zero attached hydrogens (tertiary/aromatic N) is 5. The van der Waals surface area contributed by atoms with Crippen LogP contribution in [0.2, 0.25) is 0 Å². The molecule has 1 saturated carbocycles. The van der Waals surface area contributed by atoms with E-state index in [1.54, 1.807) is 22.5 Å². The Morgan fingerprint density at radius 1 is 1.00 bits per heavy atom. The minimum absolute atomic E-state index is 0.0252. The van der Waals surface area contributed by atoms with Gasteiger partial charge in [0.1, 0.15) is 11.9 Å². The van der Waals surface area contributed by atoms with E-state index in [2.05, 4.69) is 15.2 Å². The Bertz CT molecular complexity index is 1560. The summed E-state index contributed by atoms with van der Waals surface area (Å²) in [5.41, 5.74) is 0.0801. The Kier molecular flexibility index (Phi) is 7.64. The number of likely N-dealkylation sites (N-methyl/N-ethyl adjacent to an activating group) is 1. The van der Waals surface area contributed by atoms with Gasteiger partial charge in [-0.3, -0.25) is 10.1 Å². The highest BCUT2D eigenvalue weighted by atomic mass is 32.2. The molecular formula is C25H32N6O6S2. The maximum Gasteiger partial charge on any atom is 0.311 e. The molecule has 0 atom stereocenters. The number of pyridine rings is 1. The fourth-order valence-corrected chi connectivity index (χ4v) is 8.57. The molecule has 0 unspecified atom stereocenters. The Labute approximate surface area is 227 Å². The fraction of sp³-hybridized carbons (Fsp3) is 0.480. The first-order valence-corrected chi connectivity index (χ1v) is 16.0. The summed E-state index contributed by atoms with van der Waals surface area (Å²) in [7, 11) is -5.30. The Morgan fingerprint density at radius 3 is 2.31 bits per heavy atom. The van der Waals surface area contributed by atoms with Crippen LogP contribution in [0.1, 0.15) is 25.7 Å². The average molecular weight is 577 g/mol. The summed E-state index contributed by atoms with van der Waals surface area (Å²) < 4.78 is 55.0. The van der Waals surface area contributed by atoms with Gasteiger partial charge in [0, 0.05) is 38.4 Å². The number of rotatable bonds is 8. The van der Waals surface area contributed by atoms with Crippen LogP contribution < -0.4 is 5.32 Å². The number of anilines is 1. The first kappa shape index (κ1) is 27.5. The third-order valence-electron chi connectivity index (χ3n) is 7.65. The van der Waals surface area contributed by atoms with Crippen LogP contribution in [0, 0.1) is 16.0 Å². The lowest BCUT2D eigenvalue weighted by molar-refractivity contribution is -0.384. The van der Waals surface area contributed by atoms with Gasteiger partial charge < -0.3 is 10.2 Å². The molecule has 2 aliphatic rings. The lowest BCUT2D eigenvalue weighted by Gasteiger charge is -2.34. The van der Waals surface area contributed by atoms with Crippen LogP contribution in [0.25, 0.3) is 11.0 Å². The molecule has 0 bridgehead atoms. The van der Waals surface area contributed by atoms with Crippen molar-refractivity contribution < 1.29 is 21.8 Å². The summed E-state index contributed by atoms with van der Waals surface area (Å²) >= 11 is 0. The quantitative estimate of drug-likeness (QED) is 0.316. The van der Waals surface area contributed by atoms with Crippen molar-refractivity contribution in [1.29, 1.82) is 0 Å². The molecule has 3 heterocycles. The van der Waals surface area contributed by atoms with Crippen molar-refractivity contribution in [2.45, 2.75) is 36.6 Å². The molecule has 0 amide bonds. The lowest BCUT2D eigenvalue weighted by Crippen LogP contribution is -2.48. The molecule has 2 aromatic heterocycles. The monoisotopic (exact) mass is 576 g/mol. The highest BCUT2D eigenvalue weighted by Gasteiger charge is 2.32. The molecular weight excluding hydrogens is 544 g/mol. The van der Waals surface area contributed by atoms with Crippen molar-refractivity contribution in [2.75, 3.05) is 44.3 Å². The smallest absolute Gasteiger partial charge is 0.311 e. The molecule has 0 spiro atoms. The van der Waals surface area contributed by atoms with Crippen LogP contribution in [0.3, 0.4) is 0 Å². The van der Waals surface area contributed by atoms with Gasteiger partial charge in [0.05, 0.1) is 21.0 Å². The lowest BCUT2D eigenvalue weighted by atomic mass is 9.87. The summed E-state index contributed by atoms with van der Waals surface area (Å²) in [4.78, 5) is 17.6. The van der Waals surface area contributed by atoms with Crippen molar-refractivity contribution in [1.82, 2.24) is 18.2 Å². The summed E-state index contributed by atoms with van der Waals surface area (Å²) in [6, 6.07) is 9.32. The van der Waals surface area contributed by atoms with E-state index in [0.29, 0.717) is 44.2 Å². The van der Waals surface area contributed by atoms with Gasteiger partial charge >= 0.3 is 5.69 Å². The Balaban J connectivity index is 1.33. The predicted octanol–water partition coefficient (Wildman–Crippen LogP) is 2.73. The molecule has 39 heavy (non-hydrogen) atoms. The van der Waals surface area contributed by atoms with E-state index in [1.807, 2.05) is 7.05 Å². The van der Waals surface area contributed by atoms with Crippen molar-refractivity contribution in [3.63, 3.8) is 0 Å². The van der Waals surface area contributed by atoms with E-state index in [-0.39, 0.29) is 39.6 Å². The van der Waals surface area contributed by atoms with Crippen molar-refractivity contribution in [3.05, 3.63) is 58.9 Å². The molecule has 1 aliphatic carbocycles. The van der Waals surface area contributed by atoms with Crippen LogP contribution in [0.5, 0.6) is 0 Å². The summed E-state index contributed by atoms with van der Waals surface area (Å²) in [5.74, 6) is 0.140. The fourth-order valence-electron chi connectivity index (χ4n) is 5.39. The number of nitro groups is 1. The van der Waals surface area contributed by atoms with E-state index < -0.39 is 25.0 Å². The number of sulfonamides is 1. The van der Waals surface area contributed by atoms with E-state index in [9.17, 15) is 26.9 Å². The van der Waals surface area contributed by atoms with E-state index in [0.717, 1.165) is 23.3 Å². The number of hydrogen-bond donors (Lipinski definition) is 1. The highest BCUT2D eigenvalue weighted by Crippen LogP contribution is 2.36. The first-order valence-electron chi connectivity index (χ1n) is 12.9. The van der Waals surface area contributed by atoms with Crippen molar-refractivity contribution in [2.24, 2.45) is 5.92 Å². The minimum Gasteiger partial charge on any atom is -0.376 e. The van der Waals surface area contributed by atoms with Gasteiger partial charge in [0.25, 0.3) is 10.0 Å². The zero-order valence-corrected chi connectivity index (χ0v) is 23.3. The van der Waals surface area contributed by atoms with Crippen LogP contribution in [-0.4, -0.2) is 84.9 Å². The second-order valence-corrected chi connectivity index (χ2v) is 14.1. The van der Waals surface area contributed by atoms with Crippen molar-refractivity contribution in [3.8, 4) is 0 Å². The number of piperazine rings is 1. The zero-order chi connectivity index (χ0) is 27.8. The third-order valence-corrected chi connectivity index (χ3v) is 11.4. The number of nitrogens with one attached hydrogen (secondary N) is 1. The topological polar surface area (TPSA) is 148 Å². The summed E-state index contributed by atoms with van der Waals surface area (Å²) in [6.45, 7) is 2.47. The zero-order valence-electron chi connectivity index (χ0n) is 21.6. The molecule has 1 N–H and O–H groups in total. The van der Waals surface area contributed by atoms with E-state index >= 15 is 0 Å². The minimum atomic E-state index is -3.95. The molecule has 2 fully saturated rings. The van der Waals surface area contributed by atoms with Gasteiger partial charge in [-0.15, -0.1) is 0 Å². The maximum atomic E-state index is 13.2. The second kappa shape index (κ2) is 10.8. The molecule has 210 valence electrons. The van der Waals surface area contributed by atoms with E-state index in [1.165, 1.54) is 24.4 Å². The molecule has 0 radical (unpaired) electrons. The average Bonchev–Trinajstić information content (AvgIpc) is 3.36. The van der Waals surface area contributed by atoms with Crippen LogP contribution >= 0.6 is 0 Å².